The molecule has 0 aliphatic carbocycles. The lowest BCUT2D eigenvalue weighted by molar-refractivity contribution is -0.144. The second-order valence-electron chi connectivity index (χ2n) is 4.05. The second-order valence-corrected chi connectivity index (χ2v) is 4.05. The van der Waals surface area contributed by atoms with Gasteiger partial charge in [-0.1, -0.05) is 6.07 Å². The lowest BCUT2D eigenvalue weighted by Crippen LogP contribution is -2.15. The minimum atomic E-state index is -0.596. The van der Waals surface area contributed by atoms with Crippen molar-refractivity contribution in [1.82, 2.24) is 0 Å². The average Bonchev–Trinajstić information content (AvgIpc) is 2.45. The molecule has 0 saturated carbocycles. The molecule has 0 bridgehead atoms. The van der Waals surface area contributed by atoms with Gasteiger partial charge in [0.05, 0.1) is 20.1 Å². The molecule has 7 heteroatoms. The number of esters is 1. The van der Waals surface area contributed by atoms with Gasteiger partial charge in [-0.2, -0.15) is 0 Å². The highest BCUT2D eigenvalue weighted by atomic mass is 16.5. The van der Waals surface area contributed by atoms with Crippen LogP contribution < -0.4 is 10.6 Å². The van der Waals surface area contributed by atoms with Crippen LogP contribution in [0.4, 0.5) is 16.2 Å². The van der Waals surface area contributed by atoms with Gasteiger partial charge in [-0.05, 0) is 25.1 Å². The molecule has 0 radical (unpaired) electrons. The van der Waals surface area contributed by atoms with Crippen LogP contribution in [0, 0.1) is 0 Å². The fourth-order valence-corrected chi connectivity index (χ4v) is 1.52. The summed E-state index contributed by atoms with van der Waals surface area (Å²) >= 11 is 0. The predicted octanol–water partition coefficient (Wildman–Crippen LogP) is 2.15. The number of carbonyl (C=O) groups excluding carboxylic acids is 3. The lowest BCUT2D eigenvalue weighted by atomic mass is 10.2. The zero-order valence-corrected chi connectivity index (χ0v) is 12.0. The third-order valence-electron chi connectivity index (χ3n) is 2.44. The Labute approximate surface area is 122 Å². The van der Waals surface area contributed by atoms with Crippen molar-refractivity contribution in [3.05, 3.63) is 24.3 Å². The number of nitrogens with one attached hydrogen (secondary N) is 2. The van der Waals surface area contributed by atoms with E-state index < -0.39 is 12.1 Å². The van der Waals surface area contributed by atoms with Crippen molar-refractivity contribution in [3.8, 4) is 0 Å². The first-order chi connectivity index (χ1) is 10.0. The topological polar surface area (TPSA) is 93.7 Å². The van der Waals surface area contributed by atoms with Crippen molar-refractivity contribution in [1.29, 1.82) is 0 Å². The maximum absolute atomic E-state index is 11.7. The molecular weight excluding hydrogens is 276 g/mol. The van der Waals surface area contributed by atoms with Gasteiger partial charge in [0.1, 0.15) is 0 Å². The Morgan fingerprint density at radius 1 is 1.10 bits per heavy atom. The number of hydrogen-bond donors (Lipinski definition) is 2. The molecule has 0 atom stereocenters. The monoisotopic (exact) mass is 294 g/mol. The molecule has 1 aromatic carbocycles. The zero-order valence-electron chi connectivity index (χ0n) is 12.0. The third-order valence-corrected chi connectivity index (χ3v) is 2.44. The fraction of sp³-hybridized carbons (Fsp3) is 0.357. The van der Waals surface area contributed by atoms with E-state index >= 15 is 0 Å². The number of rotatable bonds is 6. The Bertz CT molecular complexity index is 516. The van der Waals surface area contributed by atoms with Gasteiger partial charge in [0.15, 0.2) is 0 Å². The van der Waals surface area contributed by atoms with Gasteiger partial charge in [-0.3, -0.25) is 14.9 Å². The first kappa shape index (κ1) is 16.5. The van der Waals surface area contributed by atoms with Crippen molar-refractivity contribution < 1.29 is 23.9 Å². The summed E-state index contributed by atoms with van der Waals surface area (Å²) in [5.74, 6) is -0.716. The Hall–Kier alpha value is -2.57. The SMILES string of the molecule is CCOC(=O)CCC(=O)Nc1cccc(NC(=O)OC)c1. The van der Waals surface area contributed by atoms with Gasteiger partial charge in [-0.15, -0.1) is 0 Å². The average molecular weight is 294 g/mol. The molecule has 0 unspecified atom stereocenters. The summed E-state index contributed by atoms with van der Waals surface area (Å²) in [5.41, 5.74) is 1.00. The molecule has 0 fully saturated rings. The molecule has 0 saturated heterocycles. The first-order valence-corrected chi connectivity index (χ1v) is 6.45. The van der Waals surface area contributed by atoms with Crippen LogP contribution in [0.25, 0.3) is 0 Å². The van der Waals surface area contributed by atoms with Gasteiger partial charge in [0.2, 0.25) is 5.91 Å². The number of amides is 2. The van der Waals surface area contributed by atoms with Crippen LogP contribution in [-0.2, 0) is 19.1 Å². The van der Waals surface area contributed by atoms with E-state index in [9.17, 15) is 14.4 Å². The van der Waals surface area contributed by atoms with Gasteiger partial charge in [-0.25, -0.2) is 4.79 Å². The summed E-state index contributed by atoms with van der Waals surface area (Å²) in [6, 6.07) is 6.58. The number of hydrogen-bond acceptors (Lipinski definition) is 5. The van der Waals surface area contributed by atoms with E-state index in [4.69, 9.17) is 4.74 Å². The van der Waals surface area contributed by atoms with Gasteiger partial charge >= 0.3 is 12.1 Å². The normalized spacial score (nSPS) is 9.62. The highest BCUT2D eigenvalue weighted by molar-refractivity contribution is 5.93. The molecule has 7 nitrogen and oxygen atoms in total. The minimum absolute atomic E-state index is 0.0276. The molecule has 2 amide bonds. The molecule has 0 aromatic heterocycles. The molecule has 0 aliphatic heterocycles. The van der Waals surface area contributed by atoms with E-state index in [0.29, 0.717) is 18.0 Å². The maximum atomic E-state index is 11.7. The Kier molecular flexibility index (Phi) is 6.73. The number of carbonyl (C=O) groups is 3. The summed E-state index contributed by atoms with van der Waals surface area (Å²) in [7, 11) is 1.26. The summed E-state index contributed by atoms with van der Waals surface area (Å²) in [5, 5.41) is 5.12. The standard InChI is InChI=1S/C14H18N2O5/c1-3-21-13(18)8-7-12(17)15-10-5-4-6-11(9-10)16-14(19)20-2/h4-6,9H,3,7-8H2,1-2H3,(H,15,17)(H,16,19). The highest BCUT2D eigenvalue weighted by Crippen LogP contribution is 2.15. The van der Waals surface area contributed by atoms with Gasteiger partial charge < -0.3 is 14.8 Å². The first-order valence-electron chi connectivity index (χ1n) is 6.45. The molecule has 0 spiro atoms. The minimum Gasteiger partial charge on any atom is -0.466 e. The smallest absolute Gasteiger partial charge is 0.411 e. The summed E-state index contributed by atoms with van der Waals surface area (Å²) in [4.78, 5) is 33.9. The predicted molar refractivity (Wildman–Crippen MR) is 77.0 cm³/mol. The van der Waals surface area contributed by atoms with Crippen LogP contribution in [0.2, 0.25) is 0 Å². The molecule has 114 valence electrons. The van der Waals surface area contributed by atoms with Crippen LogP contribution in [0.5, 0.6) is 0 Å². The van der Waals surface area contributed by atoms with Crippen molar-refractivity contribution in [2.24, 2.45) is 0 Å². The summed E-state index contributed by atoms with van der Waals surface area (Å²) in [6.45, 7) is 2.00. The number of benzene rings is 1. The van der Waals surface area contributed by atoms with Crippen molar-refractivity contribution in [2.75, 3.05) is 24.4 Å². The van der Waals surface area contributed by atoms with Crippen LogP contribution in [0.1, 0.15) is 19.8 Å². The molecule has 21 heavy (non-hydrogen) atoms. The van der Waals surface area contributed by atoms with Crippen LogP contribution >= 0.6 is 0 Å². The highest BCUT2D eigenvalue weighted by Gasteiger charge is 2.08. The van der Waals surface area contributed by atoms with E-state index in [2.05, 4.69) is 15.4 Å². The van der Waals surface area contributed by atoms with Crippen molar-refractivity contribution in [2.45, 2.75) is 19.8 Å². The van der Waals surface area contributed by atoms with Crippen LogP contribution in [0.3, 0.4) is 0 Å². The molecule has 2 N–H and O–H groups in total. The summed E-state index contributed by atoms with van der Waals surface area (Å²) < 4.78 is 9.21. The van der Waals surface area contributed by atoms with E-state index in [1.54, 1.807) is 31.2 Å². The molecule has 1 rings (SSSR count). The van der Waals surface area contributed by atoms with E-state index in [1.807, 2.05) is 0 Å². The largest absolute Gasteiger partial charge is 0.466 e. The van der Waals surface area contributed by atoms with E-state index in [-0.39, 0.29) is 18.7 Å². The summed E-state index contributed by atoms with van der Waals surface area (Å²) in [6.07, 6.45) is -0.534. The number of ether oxygens (including phenoxy) is 2. The lowest BCUT2D eigenvalue weighted by Gasteiger charge is -2.08. The Morgan fingerprint density at radius 2 is 1.76 bits per heavy atom. The molecule has 0 aliphatic rings. The number of methoxy groups -OCH3 is 1. The zero-order chi connectivity index (χ0) is 15.7. The third kappa shape index (κ3) is 6.42. The van der Waals surface area contributed by atoms with Gasteiger partial charge in [0.25, 0.3) is 0 Å². The Morgan fingerprint density at radius 3 is 2.38 bits per heavy atom. The van der Waals surface area contributed by atoms with E-state index in [1.165, 1.54) is 7.11 Å². The van der Waals surface area contributed by atoms with Crippen LogP contribution in [0.15, 0.2) is 24.3 Å². The second kappa shape index (κ2) is 8.57. The molecular formula is C14H18N2O5. The van der Waals surface area contributed by atoms with E-state index in [0.717, 1.165) is 0 Å². The van der Waals surface area contributed by atoms with Crippen LogP contribution in [-0.4, -0.2) is 31.7 Å². The quantitative estimate of drug-likeness (QED) is 0.784. The Balaban J connectivity index is 2.50. The fourth-order valence-electron chi connectivity index (χ4n) is 1.52. The molecule has 1 aromatic rings. The van der Waals surface area contributed by atoms with Gasteiger partial charge in [0, 0.05) is 17.8 Å². The van der Waals surface area contributed by atoms with Crippen molar-refractivity contribution in [3.63, 3.8) is 0 Å². The number of anilines is 2. The van der Waals surface area contributed by atoms with Crippen molar-refractivity contribution >= 4 is 29.3 Å². The molecule has 0 heterocycles. The maximum Gasteiger partial charge on any atom is 0.411 e.